The molecule has 0 saturated heterocycles. The lowest BCUT2D eigenvalue weighted by molar-refractivity contribution is 0.328. The van der Waals surface area contributed by atoms with Gasteiger partial charge in [0.05, 0.1) is 30.3 Å². The molecule has 5 heteroatoms. The smallest absolute Gasteiger partial charge is 0.0953 e. The average Bonchev–Trinajstić information content (AvgIpc) is 3.11. The molecule has 0 spiro atoms. The zero-order valence-electron chi connectivity index (χ0n) is 11.9. The third kappa shape index (κ3) is 3.10. The molecule has 0 aromatic carbocycles. The van der Waals surface area contributed by atoms with Crippen LogP contribution in [0.25, 0.3) is 0 Å². The summed E-state index contributed by atoms with van der Waals surface area (Å²) in [7, 11) is 0. The zero-order valence-corrected chi connectivity index (χ0v) is 11.9. The highest BCUT2D eigenvalue weighted by atomic mass is 15.3. The van der Waals surface area contributed by atoms with Gasteiger partial charge in [-0.1, -0.05) is 19.3 Å². The van der Waals surface area contributed by atoms with Crippen LogP contribution < -0.4 is 5.73 Å². The van der Waals surface area contributed by atoms with Gasteiger partial charge in [-0.25, -0.2) is 4.98 Å². The van der Waals surface area contributed by atoms with E-state index >= 15 is 0 Å². The molecule has 1 fully saturated rings. The number of nitrogens with zero attached hydrogens (tertiary/aromatic N) is 4. The van der Waals surface area contributed by atoms with Gasteiger partial charge < -0.3 is 10.3 Å². The lowest BCUT2D eigenvalue weighted by Gasteiger charge is -2.21. The van der Waals surface area contributed by atoms with Crippen molar-refractivity contribution in [2.75, 3.05) is 6.54 Å². The quantitative estimate of drug-likeness (QED) is 0.907. The fourth-order valence-electron chi connectivity index (χ4n) is 2.97. The molecule has 2 heterocycles. The van der Waals surface area contributed by atoms with E-state index in [1.54, 1.807) is 0 Å². The Bertz CT molecular complexity index is 536. The molecule has 5 nitrogen and oxygen atoms in total. The highest BCUT2D eigenvalue weighted by Crippen LogP contribution is 2.27. The molecule has 3 rings (SSSR count). The molecule has 0 aliphatic heterocycles. The Morgan fingerprint density at radius 3 is 2.85 bits per heavy atom. The van der Waals surface area contributed by atoms with Crippen LogP contribution in [0.3, 0.4) is 0 Å². The van der Waals surface area contributed by atoms with Crippen molar-refractivity contribution >= 4 is 0 Å². The molecule has 0 amide bonds. The molecule has 2 aromatic rings. The molecule has 0 radical (unpaired) electrons. The van der Waals surface area contributed by atoms with Gasteiger partial charge in [0.2, 0.25) is 0 Å². The summed E-state index contributed by atoms with van der Waals surface area (Å²) in [6, 6.07) is 2.73. The summed E-state index contributed by atoms with van der Waals surface area (Å²) in [5, 5.41) is 4.73. The second-order valence-electron chi connectivity index (χ2n) is 5.65. The molecule has 0 atom stereocenters. The van der Waals surface area contributed by atoms with Crippen LogP contribution in [0.1, 0.15) is 49.5 Å². The molecule has 108 valence electrons. The van der Waals surface area contributed by atoms with E-state index in [2.05, 4.69) is 32.7 Å². The summed E-state index contributed by atoms with van der Waals surface area (Å²) in [6.07, 6.45) is 13.5. The molecule has 20 heavy (non-hydrogen) atoms. The molecular weight excluding hydrogens is 250 g/mol. The molecule has 1 saturated carbocycles. The predicted octanol–water partition coefficient (Wildman–Crippen LogP) is 2.13. The van der Waals surface area contributed by atoms with E-state index in [1.165, 1.54) is 32.1 Å². The second-order valence-corrected chi connectivity index (χ2v) is 5.65. The van der Waals surface area contributed by atoms with Gasteiger partial charge in [-0.3, -0.25) is 4.68 Å². The topological polar surface area (TPSA) is 61.7 Å². The van der Waals surface area contributed by atoms with E-state index in [1.807, 2.05) is 6.33 Å². The number of hydrogen-bond donors (Lipinski definition) is 1. The number of hydrogen-bond acceptors (Lipinski definition) is 3. The normalized spacial score (nSPS) is 16.6. The van der Waals surface area contributed by atoms with Crippen molar-refractivity contribution in [2.45, 2.75) is 51.1 Å². The van der Waals surface area contributed by atoms with Gasteiger partial charge in [0.1, 0.15) is 0 Å². The minimum Gasteiger partial charge on any atom is -0.331 e. The zero-order chi connectivity index (χ0) is 13.8. The van der Waals surface area contributed by atoms with Gasteiger partial charge >= 0.3 is 0 Å². The minimum absolute atomic E-state index is 0.605. The first-order valence-corrected chi connectivity index (χ1v) is 7.60. The van der Waals surface area contributed by atoms with Crippen molar-refractivity contribution in [1.29, 1.82) is 0 Å². The third-order valence-corrected chi connectivity index (χ3v) is 4.04. The first kappa shape index (κ1) is 13.4. The van der Waals surface area contributed by atoms with Gasteiger partial charge in [-0.2, -0.15) is 5.10 Å². The number of rotatable bonds is 5. The first-order valence-electron chi connectivity index (χ1n) is 7.60. The van der Waals surface area contributed by atoms with Crippen molar-refractivity contribution in [3.8, 4) is 0 Å². The summed E-state index contributed by atoms with van der Waals surface area (Å²) in [4.78, 5) is 4.35. The van der Waals surface area contributed by atoms with Crippen LogP contribution in [0.4, 0.5) is 0 Å². The maximum atomic E-state index is 5.54. The highest BCUT2D eigenvalue weighted by Gasteiger charge is 2.16. The van der Waals surface area contributed by atoms with E-state index in [0.717, 1.165) is 24.4 Å². The molecule has 0 bridgehead atoms. The van der Waals surface area contributed by atoms with Gasteiger partial charge in [0.25, 0.3) is 0 Å². The van der Waals surface area contributed by atoms with Crippen molar-refractivity contribution in [3.63, 3.8) is 0 Å². The number of aromatic nitrogens is 4. The Balaban J connectivity index is 1.63. The Hall–Kier alpha value is -1.62. The minimum atomic E-state index is 0.605. The summed E-state index contributed by atoms with van der Waals surface area (Å²) in [5.74, 6) is 0. The molecular formula is C15H23N5. The molecule has 1 aliphatic carbocycles. The van der Waals surface area contributed by atoms with Crippen LogP contribution in [-0.2, 0) is 13.0 Å². The van der Waals surface area contributed by atoms with Crippen LogP contribution in [0.5, 0.6) is 0 Å². The number of nitrogens with two attached hydrogens (primary N) is 1. The Kier molecular flexibility index (Phi) is 4.16. The van der Waals surface area contributed by atoms with Crippen molar-refractivity contribution in [3.05, 3.63) is 36.2 Å². The predicted molar refractivity (Wildman–Crippen MR) is 78.4 cm³/mol. The van der Waals surface area contributed by atoms with E-state index in [0.29, 0.717) is 12.6 Å². The maximum Gasteiger partial charge on any atom is 0.0953 e. The average molecular weight is 273 g/mol. The highest BCUT2D eigenvalue weighted by molar-refractivity contribution is 5.04. The largest absolute Gasteiger partial charge is 0.331 e. The lowest BCUT2D eigenvalue weighted by Crippen LogP contribution is -2.13. The van der Waals surface area contributed by atoms with Crippen LogP contribution in [0.15, 0.2) is 24.8 Å². The van der Waals surface area contributed by atoms with Crippen molar-refractivity contribution < 1.29 is 0 Å². The molecule has 2 aromatic heterocycles. The molecule has 2 N–H and O–H groups in total. The third-order valence-electron chi connectivity index (χ3n) is 4.04. The SMILES string of the molecule is NCCc1cn(Cc2ccn(C3CCCCC3)n2)cn1. The van der Waals surface area contributed by atoms with Crippen molar-refractivity contribution in [1.82, 2.24) is 19.3 Å². The fourth-order valence-corrected chi connectivity index (χ4v) is 2.97. The van der Waals surface area contributed by atoms with Gasteiger partial charge in [0.15, 0.2) is 0 Å². The Morgan fingerprint density at radius 2 is 2.05 bits per heavy atom. The van der Waals surface area contributed by atoms with Crippen LogP contribution in [-0.4, -0.2) is 25.9 Å². The summed E-state index contributed by atoms with van der Waals surface area (Å²) >= 11 is 0. The Labute approximate surface area is 119 Å². The van der Waals surface area contributed by atoms with Gasteiger partial charge in [0, 0.05) is 18.8 Å². The van der Waals surface area contributed by atoms with E-state index in [9.17, 15) is 0 Å². The maximum absolute atomic E-state index is 5.54. The van der Waals surface area contributed by atoms with Crippen LogP contribution in [0.2, 0.25) is 0 Å². The second kappa shape index (κ2) is 6.22. The summed E-state index contributed by atoms with van der Waals surface area (Å²) in [6.45, 7) is 1.44. The van der Waals surface area contributed by atoms with Crippen LogP contribution in [0, 0.1) is 0 Å². The molecule has 1 aliphatic rings. The van der Waals surface area contributed by atoms with Crippen molar-refractivity contribution in [2.24, 2.45) is 5.73 Å². The summed E-state index contributed by atoms with van der Waals surface area (Å²) < 4.78 is 4.24. The summed E-state index contributed by atoms with van der Waals surface area (Å²) in [5.41, 5.74) is 7.70. The van der Waals surface area contributed by atoms with Crippen LogP contribution >= 0.6 is 0 Å². The fraction of sp³-hybridized carbons (Fsp3) is 0.600. The van der Waals surface area contributed by atoms with E-state index in [4.69, 9.17) is 10.8 Å². The van der Waals surface area contributed by atoms with Gasteiger partial charge in [-0.15, -0.1) is 0 Å². The standard InChI is InChI=1S/C15H23N5/c16-8-6-13-10-19(12-17-13)11-14-7-9-20(18-14)15-4-2-1-3-5-15/h7,9-10,12,15H,1-6,8,11,16H2. The van der Waals surface area contributed by atoms with E-state index < -0.39 is 0 Å². The monoisotopic (exact) mass is 273 g/mol. The first-order chi connectivity index (χ1) is 9.85. The lowest BCUT2D eigenvalue weighted by atomic mass is 9.96. The van der Waals surface area contributed by atoms with Gasteiger partial charge in [-0.05, 0) is 25.5 Å². The number of imidazole rings is 1. The molecule has 0 unspecified atom stereocenters. The Morgan fingerprint density at radius 1 is 1.20 bits per heavy atom. The van der Waals surface area contributed by atoms with E-state index in [-0.39, 0.29) is 0 Å².